The van der Waals surface area contributed by atoms with Crippen molar-refractivity contribution >= 4 is 11.6 Å². The van der Waals surface area contributed by atoms with E-state index in [0.29, 0.717) is 17.0 Å². The Morgan fingerprint density at radius 3 is 2.67 bits per heavy atom. The molecule has 3 N–H and O–H groups in total. The standard InChI is InChI=1S/C15H13NO5/c1-7-10(20-2)6-12-13(14(7)18)15(19)16-9-4-3-8(17)5-11(9)21-12/h3-6,17-18H,1-2H3,(H,16,19). The average Bonchev–Trinajstić information content (AvgIpc) is 2.58. The van der Waals surface area contributed by atoms with E-state index in [1.54, 1.807) is 6.92 Å². The molecule has 1 aliphatic rings. The minimum Gasteiger partial charge on any atom is -0.508 e. The number of benzene rings is 2. The first-order chi connectivity index (χ1) is 10.0. The number of phenolic OH excluding ortho intramolecular Hbond substituents is 2. The molecule has 0 bridgehead atoms. The summed E-state index contributed by atoms with van der Waals surface area (Å²) in [6, 6.07) is 5.87. The van der Waals surface area contributed by atoms with Crippen LogP contribution in [0.1, 0.15) is 15.9 Å². The van der Waals surface area contributed by atoms with Gasteiger partial charge in [-0.15, -0.1) is 0 Å². The van der Waals surface area contributed by atoms with Gasteiger partial charge in [0.2, 0.25) is 0 Å². The summed E-state index contributed by atoms with van der Waals surface area (Å²) < 4.78 is 10.8. The lowest BCUT2D eigenvalue weighted by molar-refractivity contribution is 0.102. The first-order valence-corrected chi connectivity index (χ1v) is 6.24. The van der Waals surface area contributed by atoms with E-state index in [1.165, 1.54) is 31.4 Å². The van der Waals surface area contributed by atoms with Crippen molar-refractivity contribution in [3.63, 3.8) is 0 Å². The molecule has 1 amide bonds. The first kappa shape index (κ1) is 13.1. The minimum absolute atomic E-state index is 0.00903. The summed E-state index contributed by atoms with van der Waals surface area (Å²) in [4.78, 5) is 12.3. The molecule has 0 fully saturated rings. The SMILES string of the molecule is COc1cc2c(c(O)c1C)C(=O)Nc1ccc(O)cc1O2. The number of aromatic hydroxyl groups is 2. The summed E-state index contributed by atoms with van der Waals surface area (Å²) in [6.45, 7) is 1.64. The van der Waals surface area contributed by atoms with Gasteiger partial charge in [0, 0.05) is 17.7 Å². The summed E-state index contributed by atoms with van der Waals surface area (Å²) in [5.41, 5.74) is 0.887. The van der Waals surface area contributed by atoms with Gasteiger partial charge in [0.05, 0.1) is 12.8 Å². The number of carbonyl (C=O) groups is 1. The van der Waals surface area contributed by atoms with Crippen LogP contribution in [-0.2, 0) is 0 Å². The van der Waals surface area contributed by atoms with Gasteiger partial charge in [-0.05, 0) is 19.1 Å². The van der Waals surface area contributed by atoms with Crippen molar-refractivity contribution in [1.82, 2.24) is 0 Å². The zero-order chi connectivity index (χ0) is 15.1. The van der Waals surface area contributed by atoms with Crippen molar-refractivity contribution in [2.75, 3.05) is 12.4 Å². The Labute approximate surface area is 120 Å². The first-order valence-electron chi connectivity index (χ1n) is 6.24. The van der Waals surface area contributed by atoms with E-state index in [2.05, 4.69) is 5.32 Å². The predicted molar refractivity (Wildman–Crippen MR) is 75.5 cm³/mol. The fourth-order valence-electron chi connectivity index (χ4n) is 2.23. The van der Waals surface area contributed by atoms with E-state index < -0.39 is 5.91 Å². The van der Waals surface area contributed by atoms with Gasteiger partial charge in [-0.25, -0.2) is 0 Å². The van der Waals surface area contributed by atoms with Gasteiger partial charge in [-0.2, -0.15) is 0 Å². The van der Waals surface area contributed by atoms with Crippen LogP contribution >= 0.6 is 0 Å². The molecule has 108 valence electrons. The highest BCUT2D eigenvalue weighted by Crippen LogP contribution is 2.44. The van der Waals surface area contributed by atoms with Gasteiger partial charge in [0.25, 0.3) is 5.91 Å². The van der Waals surface area contributed by atoms with Crippen LogP contribution < -0.4 is 14.8 Å². The van der Waals surface area contributed by atoms with E-state index in [9.17, 15) is 15.0 Å². The number of fused-ring (bicyclic) bond motifs is 2. The lowest BCUT2D eigenvalue weighted by Crippen LogP contribution is -2.11. The van der Waals surface area contributed by atoms with E-state index in [-0.39, 0.29) is 28.6 Å². The summed E-state index contributed by atoms with van der Waals surface area (Å²) >= 11 is 0. The average molecular weight is 287 g/mol. The van der Waals surface area contributed by atoms with Crippen LogP contribution in [0.2, 0.25) is 0 Å². The van der Waals surface area contributed by atoms with Gasteiger partial charge >= 0.3 is 0 Å². The third-order valence-electron chi connectivity index (χ3n) is 3.35. The molecule has 0 aliphatic carbocycles. The third-order valence-corrected chi connectivity index (χ3v) is 3.35. The number of ether oxygens (including phenoxy) is 2. The van der Waals surface area contributed by atoms with Crippen molar-refractivity contribution in [3.8, 4) is 28.7 Å². The zero-order valence-corrected chi connectivity index (χ0v) is 11.4. The monoisotopic (exact) mass is 287 g/mol. The van der Waals surface area contributed by atoms with E-state index in [4.69, 9.17) is 9.47 Å². The number of anilines is 1. The number of hydrogen-bond donors (Lipinski definition) is 3. The lowest BCUT2D eigenvalue weighted by Gasteiger charge is -2.13. The Morgan fingerprint density at radius 2 is 1.95 bits per heavy atom. The third kappa shape index (κ3) is 2.01. The second kappa shape index (κ2) is 4.59. The fraction of sp³-hybridized carbons (Fsp3) is 0.133. The highest BCUT2D eigenvalue weighted by Gasteiger charge is 2.27. The summed E-state index contributed by atoms with van der Waals surface area (Å²) in [5, 5.41) is 22.4. The quantitative estimate of drug-likeness (QED) is 0.702. The van der Waals surface area contributed by atoms with Crippen molar-refractivity contribution in [2.24, 2.45) is 0 Å². The van der Waals surface area contributed by atoms with E-state index in [1.807, 2.05) is 0 Å². The number of amides is 1. The molecule has 0 aromatic heterocycles. The number of nitrogens with one attached hydrogen (secondary N) is 1. The molecule has 0 saturated heterocycles. The molecule has 0 spiro atoms. The number of rotatable bonds is 1. The maximum absolute atomic E-state index is 12.3. The summed E-state index contributed by atoms with van der Waals surface area (Å²) in [7, 11) is 1.46. The molecular weight excluding hydrogens is 274 g/mol. The van der Waals surface area contributed by atoms with Crippen molar-refractivity contribution in [3.05, 3.63) is 35.4 Å². The zero-order valence-electron chi connectivity index (χ0n) is 11.4. The van der Waals surface area contributed by atoms with Gasteiger partial charge < -0.3 is 25.0 Å². The maximum Gasteiger partial charge on any atom is 0.263 e. The van der Waals surface area contributed by atoms with Crippen molar-refractivity contribution < 1.29 is 24.5 Å². The van der Waals surface area contributed by atoms with E-state index >= 15 is 0 Å². The number of carbonyl (C=O) groups excluding carboxylic acids is 1. The number of methoxy groups -OCH3 is 1. The fourth-order valence-corrected chi connectivity index (χ4v) is 2.23. The van der Waals surface area contributed by atoms with Crippen LogP contribution in [0.5, 0.6) is 28.7 Å². The Bertz CT molecular complexity index is 754. The lowest BCUT2D eigenvalue weighted by atomic mass is 10.1. The van der Waals surface area contributed by atoms with Crippen LogP contribution in [-0.4, -0.2) is 23.2 Å². The largest absolute Gasteiger partial charge is 0.508 e. The molecule has 1 heterocycles. The molecule has 0 unspecified atom stereocenters. The van der Waals surface area contributed by atoms with Crippen LogP contribution in [0.25, 0.3) is 0 Å². The molecule has 0 atom stereocenters. The molecule has 21 heavy (non-hydrogen) atoms. The molecular formula is C15H13NO5. The highest BCUT2D eigenvalue weighted by atomic mass is 16.5. The molecule has 2 aromatic rings. The number of hydrogen-bond acceptors (Lipinski definition) is 5. The molecule has 2 aromatic carbocycles. The van der Waals surface area contributed by atoms with Gasteiger partial charge in [-0.3, -0.25) is 4.79 Å². The molecule has 6 nitrogen and oxygen atoms in total. The second-order valence-electron chi connectivity index (χ2n) is 4.66. The smallest absolute Gasteiger partial charge is 0.263 e. The van der Waals surface area contributed by atoms with Gasteiger partial charge in [-0.1, -0.05) is 0 Å². The van der Waals surface area contributed by atoms with Crippen LogP contribution in [0, 0.1) is 6.92 Å². The predicted octanol–water partition coefficient (Wildman–Crippen LogP) is 2.77. The molecule has 0 radical (unpaired) electrons. The van der Waals surface area contributed by atoms with Crippen LogP contribution in [0.4, 0.5) is 5.69 Å². The maximum atomic E-state index is 12.3. The molecule has 1 aliphatic heterocycles. The topological polar surface area (TPSA) is 88.0 Å². The summed E-state index contributed by atoms with van der Waals surface area (Å²) in [6.07, 6.45) is 0. The molecule has 3 rings (SSSR count). The Balaban J connectivity index is 2.23. The Hall–Kier alpha value is -2.89. The second-order valence-corrected chi connectivity index (χ2v) is 4.66. The van der Waals surface area contributed by atoms with Gasteiger partial charge in [0.15, 0.2) is 5.75 Å². The Morgan fingerprint density at radius 1 is 1.19 bits per heavy atom. The van der Waals surface area contributed by atoms with Crippen LogP contribution in [0.15, 0.2) is 24.3 Å². The minimum atomic E-state index is -0.488. The van der Waals surface area contributed by atoms with Crippen LogP contribution in [0.3, 0.4) is 0 Å². The normalized spacial score (nSPS) is 12.6. The molecule has 6 heteroatoms. The van der Waals surface area contributed by atoms with E-state index in [0.717, 1.165) is 0 Å². The number of phenols is 2. The highest BCUT2D eigenvalue weighted by molar-refractivity contribution is 6.10. The van der Waals surface area contributed by atoms with Crippen molar-refractivity contribution in [2.45, 2.75) is 6.92 Å². The van der Waals surface area contributed by atoms with Crippen molar-refractivity contribution in [1.29, 1.82) is 0 Å². The Kier molecular flexibility index (Phi) is 2.86. The summed E-state index contributed by atoms with van der Waals surface area (Å²) in [5.74, 6) is 0.179. The van der Waals surface area contributed by atoms with Gasteiger partial charge in [0.1, 0.15) is 28.6 Å². The molecule has 0 saturated carbocycles.